The van der Waals surface area contributed by atoms with E-state index < -0.39 is 0 Å². The molecular formula is C16H25N3O2. The lowest BCUT2D eigenvalue weighted by molar-refractivity contribution is 0.0526. The van der Waals surface area contributed by atoms with Crippen LogP contribution in [0.4, 0.5) is 5.82 Å². The molecule has 0 amide bonds. The summed E-state index contributed by atoms with van der Waals surface area (Å²) in [5.74, 6) is 0.473. The number of esters is 1. The number of rotatable bonds is 7. The highest BCUT2D eigenvalue weighted by Crippen LogP contribution is 2.21. The summed E-state index contributed by atoms with van der Waals surface area (Å²) in [7, 11) is 2.19. The van der Waals surface area contributed by atoms with E-state index in [1.807, 2.05) is 6.07 Å². The molecule has 116 valence electrons. The molecule has 0 radical (unpaired) electrons. The molecule has 0 aliphatic heterocycles. The molecule has 1 N–H and O–H groups in total. The zero-order valence-corrected chi connectivity index (χ0v) is 13.0. The monoisotopic (exact) mass is 291 g/mol. The van der Waals surface area contributed by atoms with E-state index in [1.54, 1.807) is 19.2 Å². The fraction of sp³-hybridized carbons (Fsp3) is 0.625. The first-order valence-corrected chi connectivity index (χ1v) is 7.78. The van der Waals surface area contributed by atoms with Crippen LogP contribution in [-0.4, -0.2) is 48.6 Å². The summed E-state index contributed by atoms with van der Waals surface area (Å²) in [5.41, 5.74) is 0.491. The van der Waals surface area contributed by atoms with Crippen LogP contribution in [0.3, 0.4) is 0 Å². The first-order chi connectivity index (χ1) is 10.2. The summed E-state index contributed by atoms with van der Waals surface area (Å²) < 4.78 is 4.93. The normalized spacial score (nSPS) is 15.4. The van der Waals surface area contributed by atoms with E-state index in [9.17, 15) is 4.79 Å². The van der Waals surface area contributed by atoms with Crippen molar-refractivity contribution in [3.8, 4) is 0 Å². The number of aromatic nitrogens is 1. The van der Waals surface area contributed by atoms with Crippen molar-refractivity contribution < 1.29 is 9.53 Å². The number of ether oxygens (including phenoxy) is 1. The topological polar surface area (TPSA) is 54.5 Å². The molecule has 1 aliphatic rings. The third-order valence-electron chi connectivity index (χ3n) is 3.99. The molecule has 0 atom stereocenters. The van der Waals surface area contributed by atoms with Gasteiger partial charge in [-0.2, -0.15) is 0 Å². The molecule has 0 saturated heterocycles. The Morgan fingerprint density at radius 2 is 2.19 bits per heavy atom. The van der Waals surface area contributed by atoms with Gasteiger partial charge in [-0.15, -0.1) is 0 Å². The molecule has 21 heavy (non-hydrogen) atoms. The zero-order valence-electron chi connectivity index (χ0n) is 13.0. The average Bonchev–Trinajstić information content (AvgIpc) is 3.02. The van der Waals surface area contributed by atoms with Crippen LogP contribution in [-0.2, 0) is 4.74 Å². The number of likely N-dealkylation sites (N-methyl/N-ethyl adjacent to an activating group) is 1. The Balaban J connectivity index is 1.74. The molecule has 0 unspecified atom stereocenters. The maximum absolute atomic E-state index is 11.5. The average molecular weight is 291 g/mol. The standard InChI is InChI=1S/C16H25N3O2/c1-3-21-16(20)13-8-9-15(18-12-13)17-10-11-19(2)14-6-4-5-7-14/h8-9,12,14H,3-7,10-11H2,1-2H3,(H,17,18). The Morgan fingerprint density at radius 1 is 1.43 bits per heavy atom. The van der Waals surface area contributed by atoms with Crippen LogP contribution in [0.2, 0.25) is 0 Å². The van der Waals surface area contributed by atoms with Crippen molar-refractivity contribution in [2.45, 2.75) is 38.6 Å². The summed E-state index contributed by atoms with van der Waals surface area (Å²) in [6, 6.07) is 4.31. The summed E-state index contributed by atoms with van der Waals surface area (Å²) in [4.78, 5) is 18.2. The second-order valence-electron chi connectivity index (χ2n) is 5.50. The van der Waals surface area contributed by atoms with E-state index in [0.29, 0.717) is 12.2 Å². The van der Waals surface area contributed by atoms with Gasteiger partial charge in [-0.05, 0) is 38.9 Å². The lowest BCUT2D eigenvalue weighted by Crippen LogP contribution is -2.33. The molecular weight excluding hydrogens is 266 g/mol. The van der Waals surface area contributed by atoms with Gasteiger partial charge in [-0.3, -0.25) is 0 Å². The number of nitrogens with one attached hydrogen (secondary N) is 1. The number of carbonyl (C=O) groups excluding carboxylic acids is 1. The molecule has 1 fully saturated rings. The fourth-order valence-electron chi connectivity index (χ4n) is 2.72. The summed E-state index contributed by atoms with van der Waals surface area (Å²) in [6.07, 6.45) is 6.92. The maximum Gasteiger partial charge on any atom is 0.339 e. The molecule has 1 aromatic heterocycles. The third kappa shape index (κ3) is 4.70. The molecule has 5 nitrogen and oxygen atoms in total. The molecule has 1 aliphatic carbocycles. The number of pyridine rings is 1. The highest BCUT2D eigenvalue weighted by atomic mass is 16.5. The van der Waals surface area contributed by atoms with Gasteiger partial charge in [0.2, 0.25) is 0 Å². The molecule has 1 saturated carbocycles. The molecule has 0 spiro atoms. The summed E-state index contributed by atoms with van der Waals surface area (Å²) in [5, 5.41) is 3.29. The first kappa shape index (κ1) is 15.8. The van der Waals surface area contributed by atoms with Gasteiger partial charge in [0.25, 0.3) is 0 Å². The molecule has 0 aromatic carbocycles. The van der Waals surface area contributed by atoms with Gasteiger partial charge in [0.15, 0.2) is 0 Å². The zero-order chi connectivity index (χ0) is 15.1. The van der Waals surface area contributed by atoms with E-state index >= 15 is 0 Å². The van der Waals surface area contributed by atoms with Crippen molar-refractivity contribution >= 4 is 11.8 Å². The molecule has 2 rings (SSSR count). The maximum atomic E-state index is 11.5. The van der Waals surface area contributed by atoms with Crippen molar-refractivity contribution in [3.05, 3.63) is 23.9 Å². The number of nitrogens with zero attached hydrogens (tertiary/aromatic N) is 2. The number of hydrogen-bond acceptors (Lipinski definition) is 5. The van der Waals surface area contributed by atoms with Crippen LogP contribution in [0, 0.1) is 0 Å². The van der Waals surface area contributed by atoms with Crippen LogP contribution >= 0.6 is 0 Å². The number of carbonyl (C=O) groups is 1. The van der Waals surface area contributed by atoms with Gasteiger partial charge in [-0.1, -0.05) is 12.8 Å². The van der Waals surface area contributed by atoms with Crippen molar-refractivity contribution in [1.82, 2.24) is 9.88 Å². The van der Waals surface area contributed by atoms with Gasteiger partial charge in [-0.25, -0.2) is 9.78 Å². The predicted octanol–water partition coefficient (Wildman–Crippen LogP) is 2.54. The summed E-state index contributed by atoms with van der Waals surface area (Å²) >= 11 is 0. The number of anilines is 1. The van der Waals surface area contributed by atoms with Gasteiger partial charge in [0.05, 0.1) is 12.2 Å². The molecule has 1 aromatic rings. The Kier molecular flexibility index (Phi) is 5.99. The Bertz CT molecular complexity index is 441. The highest BCUT2D eigenvalue weighted by Gasteiger charge is 2.18. The fourth-order valence-corrected chi connectivity index (χ4v) is 2.72. The van der Waals surface area contributed by atoms with Gasteiger partial charge in [0, 0.05) is 25.3 Å². The first-order valence-electron chi connectivity index (χ1n) is 7.78. The van der Waals surface area contributed by atoms with E-state index in [0.717, 1.165) is 24.9 Å². The van der Waals surface area contributed by atoms with Gasteiger partial charge >= 0.3 is 5.97 Å². The van der Waals surface area contributed by atoms with Crippen LogP contribution in [0.1, 0.15) is 43.0 Å². The van der Waals surface area contributed by atoms with E-state index in [4.69, 9.17) is 4.74 Å². The van der Waals surface area contributed by atoms with Crippen molar-refractivity contribution in [2.75, 3.05) is 32.1 Å². The minimum atomic E-state index is -0.322. The third-order valence-corrected chi connectivity index (χ3v) is 3.99. The second-order valence-corrected chi connectivity index (χ2v) is 5.50. The van der Waals surface area contributed by atoms with Crippen LogP contribution in [0.25, 0.3) is 0 Å². The van der Waals surface area contributed by atoms with Crippen molar-refractivity contribution in [3.63, 3.8) is 0 Å². The minimum Gasteiger partial charge on any atom is -0.462 e. The SMILES string of the molecule is CCOC(=O)c1ccc(NCCN(C)C2CCCC2)nc1. The highest BCUT2D eigenvalue weighted by molar-refractivity contribution is 5.89. The Labute approximate surface area is 126 Å². The smallest absolute Gasteiger partial charge is 0.339 e. The lowest BCUT2D eigenvalue weighted by Gasteiger charge is -2.24. The molecule has 5 heteroatoms. The van der Waals surface area contributed by atoms with E-state index in [2.05, 4.69) is 22.2 Å². The van der Waals surface area contributed by atoms with Crippen molar-refractivity contribution in [1.29, 1.82) is 0 Å². The van der Waals surface area contributed by atoms with Gasteiger partial charge in [0.1, 0.15) is 5.82 Å². The van der Waals surface area contributed by atoms with Crippen LogP contribution < -0.4 is 5.32 Å². The molecule has 1 heterocycles. The Morgan fingerprint density at radius 3 is 2.81 bits per heavy atom. The number of hydrogen-bond donors (Lipinski definition) is 1. The molecule has 0 bridgehead atoms. The minimum absolute atomic E-state index is 0.322. The lowest BCUT2D eigenvalue weighted by atomic mass is 10.2. The van der Waals surface area contributed by atoms with Crippen LogP contribution in [0.5, 0.6) is 0 Å². The van der Waals surface area contributed by atoms with Gasteiger partial charge < -0.3 is 15.0 Å². The quantitative estimate of drug-likeness (QED) is 0.782. The second kappa shape index (κ2) is 7.98. The van der Waals surface area contributed by atoms with Crippen LogP contribution in [0.15, 0.2) is 18.3 Å². The predicted molar refractivity (Wildman–Crippen MR) is 83.6 cm³/mol. The largest absolute Gasteiger partial charge is 0.462 e. The van der Waals surface area contributed by atoms with E-state index in [-0.39, 0.29) is 5.97 Å². The summed E-state index contributed by atoms with van der Waals surface area (Å²) in [6.45, 7) is 4.04. The Hall–Kier alpha value is -1.62. The van der Waals surface area contributed by atoms with Crippen molar-refractivity contribution in [2.24, 2.45) is 0 Å². The van der Waals surface area contributed by atoms with E-state index in [1.165, 1.54) is 25.7 Å².